The minimum atomic E-state index is -0.893. The second-order valence-corrected chi connectivity index (χ2v) is 4.90. The minimum absolute atomic E-state index is 0.0539. The van der Waals surface area contributed by atoms with E-state index in [2.05, 4.69) is 15.3 Å². The van der Waals surface area contributed by atoms with Crippen LogP contribution in [-0.4, -0.2) is 25.6 Å². The Kier molecular flexibility index (Phi) is 4.01. The van der Waals surface area contributed by atoms with Gasteiger partial charge in [0.25, 0.3) is 0 Å². The predicted molar refractivity (Wildman–Crippen MR) is 82.4 cm³/mol. The fourth-order valence-corrected chi connectivity index (χ4v) is 2.12. The molecular formula is C16H13FN4O2. The number of aromatic nitrogens is 3. The molecule has 0 radical (unpaired) electrons. The van der Waals surface area contributed by atoms with Crippen LogP contribution in [0, 0.1) is 5.82 Å². The van der Waals surface area contributed by atoms with Crippen molar-refractivity contribution in [1.29, 1.82) is 0 Å². The quantitative estimate of drug-likeness (QED) is 0.757. The van der Waals surface area contributed by atoms with Gasteiger partial charge < -0.3 is 15.0 Å². The standard InChI is InChI=1S/C16H13FN4O2/c17-12-2-1-3-13(7-12)19-14-8-18-9-15(20-14)21-5-4-11(10-21)6-16(22)23/h1-5,7-10H,6H2,(H,19,20)(H,22,23). The second-order valence-electron chi connectivity index (χ2n) is 4.90. The number of carboxylic acid groups (broad SMARTS) is 1. The number of carbonyl (C=O) groups is 1. The molecule has 3 aromatic rings. The number of aliphatic carboxylic acids is 1. The lowest BCUT2D eigenvalue weighted by atomic mass is 10.2. The van der Waals surface area contributed by atoms with Crippen LogP contribution in [-0.2, 0) is 11.2 Å². The number of rotatable bonds is 5. The van der Waals surface area contributed by atoms with Crippen molar-refractivity contribution in [2.24, 2.45) is 0 Å². The molecule has 1 aromatic carbocycles. The maximum Gasteiger partial charge on any atom is 0.307 e. The van der Waals surface area contributed by atoms with Gasteiger partial charge in [0.15, 0.2) is 11.6 Å². The van der Waals surface area contributed by atoms with Crippen molar-refractivity contribution in [1.82, 2.24) is 14.5 Å². The van der Waals surface area contributed by atoms with Crippen molar-refractivity contribution < 1.29 is 14.3 Å². The highest BCUT2D eigenvalue weighted by atomic mass is 19.1. The molecule has 3 rings (SSSR count). The molecule has 116 valence electrons. The molecule has 2 aromatic heterocycles. The Hall–Kier alpha value is -3.22. The molecule has 0 bridgehead atoms. The van der Waals surface area contributed by atoms with Gasteiger partial charge in [-0.1, -0.05) is 6.07 Å². The zero-order chi connectivity index (χ0) is 16.2. The first kappa shape index (κ1) is 14.7. The van der Waals surface area contributed by atoms with E-state index in [4.69, 9.17) is 5.11 Å². The summed E-state index contributed by atoms with van der Waals surface area (Å²) in [6.07, 6.45) is 6.43. The molecule has 0 aliphatic carbocycles. The van der Waals surface area contributed by atoms with E-state index in [1.54, 1.807) is 41.4 Å². The predicted octanol–water partition coefficient (Wildman–Crippen LogP) is 2.78. The molecule has 2 N–H and O–H groups in total. The largest absolute Gasteiger partial charge is 0.481 e. The van der Waals surface area contributed by atoms with E-state index in [0.717, 1.165) is 0 Å². The molecule has 0 aliphatic heterocycles. The van der Waals surface area contributed by atoms with Gasteiger partial charge in [0, 0.05) is 18.1 Å². The van der Waals surface area contributed by atoms with Crippen LogP contribution in [0.5, 0.6) is 0 Å². The van der Waals surface area contributed by atoms with Gasteiger partial charge in [-0.25, -0.2) is 9.37 Å². The van der Waals surface area contributed by atoms with Crippen LogP contribution in [0.15, 0.2) is 55.1 Å². The first-order chi connectivity index (χ1) is 11.1. The summed E-state index contributed by atoms with van der Waals surface area (Å²) >= 11 is 0. The molecular weight excluding hydrogens is 299 g/mol. The summed E-state index contributed by atoms with van der Waals surface area (Å²) in [6, 6.07) is 7.74. The molecule has 0 aliphatic rings. The summed E-state index contributed by atoms with van der Waals surface area (Å²) in [5, 5.41) is 11.8. The summed E-state index contributed by atoms with van der Waals surface area (Å²) in [5.41, 5.74) is 1.23. The van der Waals surface area contributed by atoms with Gasteiger partial charge in [0.05, 0.1) is 18.8 Å². The average molecular weight is 312 g/mol. The molecule has 0 spiro atoms. The van der Waals surface area contributed by atoms with Crippen molar-refractivity contribution in [3.05, 3.63) is 66.5 Å². The first-order valence-electron chi connectivity index (χ1n) is 6.84. The number of halogens is 1. The molecule has 0 fully saturated rings. The SMILES string of the molecule is O=C(O)Cc1ccn(-c2cncc(Nc3cccc(F)c3)n2)c1. The summed E-state index contributed by atoms with van der Waals surface area (Å²) in [5.74, 6) is -0.247. The molecule has 2 heterocycles. The van der Waals surface area contributed by atoms with Crippen molar-refractivity contribution in [3.63, 3.8) is 0 Å². The van der Waals surface area contributed by atoms with Gasteiger partial charge in [-0.15, -0.1) is 0 Å². The maximum absolute atomic E-state index is 13.2. The summed E-state index contributed by atoms with van der Waals surface area (Å²) in [6.45, 7) is 0. The first-order valence-corrected chi connectivity index (χ1v) is 6.84. The maximum atomic E-state index is 13.2. The Labute approximate surface area is 131 Å². The van der Waals surface area contributed by atoms with E-state index >= 15 is 0 Å². The Morgan fingerprint density at radius 1 is 1.30 bits per heavy atom. The Bertz CT molecular complexity index is 847. The lowest BCUT2D eigenvalue weighted by Crippen LogP contribution is -2.01. The lowest BCUT2D eigenvalue weighted by molar-refractivity contribution is -0.136. The fourth-order valence-electron chi connectivity index (χ4n) is 2.12. The highest BCUT2D eigenvalue weighted by Crippen LogP contribution is 2.16. The third-order valence-corrected chi connectivity index (χ3v) is 3.09. The third-order valence-electron chi connectivity index (χ3n) is 3.09. The summed E-state index contributed by atoms with van der Waals surface area (Å²) in [4.78, 5) is 19.2. The van der Waals surface area contributed by atoms with E-state index < -0.39 is 5.97 Å². The number of hydrogen-bond donors (Lipinski definition) is 2. The van der Waals surface area contributed by atoms with Crippen LogP contribution >= 0.6 is 0 Å². The zero-order valence-corrected chi connectivity index (χ0v) is 12.0. The van der Waals surface area contributed by atoms with Gasteiger partial charge in [0.1, 0.15) is 5.82 Å². The highest BCUT2D eigenvalue weighted by molar-refractivity contribution is 5.70. The molecule has 0 saturated carbocycles. The van der Waals surface area contributed by atoms with E-state index in [0.29, 0.717) is 22.9 Å². The molecule has 6 nitrogen and oxygen atoms in total. The van der Waals surface area contributed by atoms with E-state index in [1.165, 1.54) is 18.3 Å². The van der Waals surface area contributed by atoms with Crippen molar-refractivity contribution in [2.75, 3.05) is 5.32 Å². The summed E-state index contributed by atoms with van der Waals surface area (Å²) < 4.78 is 14.9. The van der Waals surface area contributed by atoms with Crippen LogP contribution in [0.25, 0.3) is 5.82 Å². The van der Waals surface area contributed by atoms with Crippen molar-refractivity contribution >= 4 is 17.5 Å². The van der Waals surface area contributed by atoms with Crippen molar-refractivity contribution in [2.45, 2.75) is 6.42 Å². The molecule has 0 saturated heterocycles. The van der Waals surface area contributed by atoms with E-state index in [9.17, 15) is 9.18 Å². The van der Waals surface area contributed by atoms with Crippen LogP contribution in [0.2, 0.25) is 0 Å². The topological polar surface area (TPSA) is 80.0 Å². The smallest absolute Gasteiger partial charge is 0.307 e. The van der Waals surface area contributed by atoms with E-state index in [1.807, 2.05) is 0 Å². The number of carboxylic acids is 1. The number of anilines is 2. The van der Waals surface area contributed by atoms with Gasteiger partial charge in [-0.3, -0.25) is 9.78 Å². The molecule has 0 unspecified atom stereocenters. The lowest BCUT2D eigenvalue weighted by Gasteiger charge is -2.07. The van der Waals surface area contributed by atoms with Crippen LogP contribution in [0.3, 0.4) is 0 Å². The molecule has 0 atom stereocenters. The number of benzene rings is 1. The van der Waals surface area contributed by atoms with Crippen molar-refractivity contribution in [3.8, 4) is 5.82 Å². The Morgan fingerprint density at radius 2 is 2.17 bits per heavy atom. The van der Waals surface area contributed by atoms with Crippen LogP contribution < -0.4 is 5.32 Å². The monoisotopic (exact) mass is 312 g/mol. The van der Waals surface area contributed by atoms with E-state index in [-0.39, 0.29) is 12.2 Å². The van der Waals surface area contributed by atoms with Gasteiger partial charge >= 0.3 is 5.97 Å². The van der Waals surface area contributed by atoms with Gasteiger partial charge in [0.2, 0.25) is 0 Å². The van der Waals surface area contributed by atoms with Crippen LogP contribution in [0.4, 0.5) is 15.9 Å². The Morgan fingerprint density at radius 3 is 2.96 bits per heavy atom. The van der Waals surface area contributed by atoms with Crippen LogP contribution in [0.1, 0.15) is 5.56 Å². The molecule has 0 amide bonds. The highest BCUT2D eigenvalue weighted by Gasteiger charge is 2.06. The normalized spacial score (nSPS) is 10.5. The summed E-state index contributed by atoms with van der Waals surface area (Å²) in [7, 11) is 0. The van der Waals surface area contributed by atoms with Gasteiger partial charge in [-0.05, 0) is 29.8 Å². The molecule has 23 heavy (non-hydrogen) atoms. The average Bonchev–Trinajstić information content (AvgIpc) is 2.95. The number of hydrogen-bond acceptors (Lipinski definition) is 4. The van der Waals surface area contributed by atoms with Gasteiger partial charge in [-0.2, -0.15) is 0 Å². The number of nitrogens with one attached hydrogen (secondary N) is 1. The zero-order valence-electron chi connectivity index (χ0n) is 12.0. The fraction of sp³-hybridized carbons (Fsp3) is 0.0625. The number of nitrogens with zero attached hydrogens (tertiary/aromatic N) is 3. The second kappa shape index (κ2) is 6.27. The molecule has 7 heteroatoms. The Balaban J connectivity index is 1.82. The minimum Gasteiger partial charge on any atom is -0.481 e. The third kappa shape index (κ3) is 3.70.